The summed E-state index contributed by atoms with van der Waals surface area (Å²) >= 11 is 6.67. The van der Waals surface area contributed by atoms with Gasteiger partial charge in [-0.05, 0) is 62.0 Å². The highest BCUT2D eigenvalue weighted by molar-refractivity contribution is 9.10. The van der Waals surface area contributed by atoms with Crippen LogP contribution >= 0.6 is 39.5 Å². The molecule has 2 aromatic heterocycles. The molecule has 3 heterocycles. The van der Waals surface area contributed by atoms with E-state index in [1.165, 1.54) is 22.7 Å². The molecule has 0 aliphatic carbocycles. The van der Waals surface area contributed by atoms with Gasteiger partial charge in [0.25, 0.3) is 5.91 Å². The molecular formula is C25H24BrN9O4S2. The number of carbonyl (C=O) groups is 1. The number of hydrogen-bond acceptors (Lipinski definition) is 13. The summed E-state index contributed by atoms with van der Waals surface area (Å²) in [5, 5.41) is 19.6. The average molecular weight is 659 g/mol. The smallest absolute Gasteiger partial charge is 0.293 e. The van der Waals surface area contributed by atoms with Crippen LogP contribution in [0.15, 0.2) is 55.6 Å². The number of hydrogen-bond donors (Lipinski definition) is 2. The van der Waals surface area contributed by atoms with Crippen LogP contribution in [0.25, 0.3) is 5.82 Å². The molecule has 1 aliphatic heterocycles. The molecule has 1 amide bonds. The minimum Gasteiger partial charge on any atom is -0.493 e. The van der Waals surface area contributed by atoms with Crippen molar-refractivity contribution in [2.75, 3.05) is 25.1 Å². The summed E-state index contributed by atoms with van der Waals surface area (Å²) in [6.45, 7) is 3.17. The van der Waals surface area contributed by atoms with Gasteiger partial charge in [-0.2, -0.15) is 9.78 Å². The zero-order valence-corrected chi connectivity index (χ0v) is 25.1. The van der Waals surface area contributed by atoms with Crippen molar-refractivity contribution in [1.29, 1.82) is 0 Å². The summed E-state index contributed by atoms with van der Waals surface area (Å²) in [5.74, 6) is 1.91. The lowest BCUT2D eigenvalue weighted by molar-refractivity contribution is 0.0949. The number of thioether (sulfide) groups is 2. The summed E-state index contributed by atoms with van der Waals surface area (Å²) in [5.41, 5.74) is 11.7. The number of ether oxygens (including phenoxy) is 2. The molecule has 0 radical (unpaired) electrons. The van der Waals surface area contributed by atoms with Crippen molar-refractivity contribution in [3.8, 4) is 17.3 Å². The normalized spacial score (nSPS) is 13.0. The van der Waals surface area contributed by atoms with E-state index in [0.29, 0.717) is 39.6 Å². The van der Waals surface area contributed by atoms with Crippen molar-refractivity contribution in [1.82, 2.24) is 30.7 Å². The van der Waals surface area contributed by atoms with Crippen molar-refractivity contribution >= 4 is 61.8 Å². The van der Waals surface area contributed by atoms with Gasteiger partial charge in [-0.15, -0.1) is 5.10 Å². The van der Waals surface area contributed by atoms with Crippen LogP contribution < -0.4 is 20.6 Å². The van der Waals surface area contributed by atoms with Crippen molar-refractivity contribution < 1.29 is 18.9 Å². The number of aliphatic imine (C=N–C) groups is 1. The first-order valence-corrected chi connectivity index (χ1v) is 14.9. The van der Waals surface area contributed by atoms with Crippen LogP contribution in [0.1, 0.15) is 32.9 Å². The minimum atomic E-state index is -0.566. The quantitative estimate of drug-likeness (QED) is 0.187. The van der Waals surface area contributed by atoms with E-state index in [0.717, 1.165) is 27.8 Å². The summed E-state index contributed by atoms with van der Waals surface area (Å²) in [6, 6.07) is 11.6. The Morgan fingerprint density at radius 2 is 2.20 bits per heavy atom. The molecule has 41 heavy (non-hydrogen) atoms. The van der Waals surface area contributed by atoms with E-state index in [4.69, 9.17) is 19.8 Å². The number of carbonyl (C=O) groups excluding carboxylic acids is 1. The van der Waals surface area contributed by atoms with Gasteiger partial charge < -0.3 is 15.2 Å². The summed E-state index contributed by atoms with van der Waals surface area (Å²) in [6.07, 6.45) is 1.48. The van der Waals surface area contributed by atoms with Crippen molar-refractivity contribution in [2.45, 2.75) is 19.3 Å². The first-order valence-electron chi connectivity index (χ1n) is 12.2. The molecule has 0 saturated heterocycles. The van der Waals surface area contributed by atoms with Crippen LogP contribution in [-0.2, 0) is 12.4 Å². The van der Waals surface area contributed by atoms with Crippen molar-refractivity contribution in [2.24, 2.45) is 10.1 Å². The number of halogens is 1. The molecule has 0 fully saturated rings. The lowest BCUT2D eigenvalue weighted by Crippen LogP contribution is -2.20. The molecule has 13 nitrogen and oxygen atoms in total. The Morgan fingerprint density at radius 1 is 1.34 bits per heavy atom. The number of nitrogen functional groups attached to an aromatic ring is 1. The van der Waals surface area contributed by atoms with Gasteiger partial charge in [0.2, 0.25) is 11.6 Å². The number of amides is 1. The Labute approximate surface area is 251 Å². The molecule has 0 spiro atoms. The maximum atomic E-state index is 13.1. The predicted molar refractivity (Wildman–Crippen MR) is 161 cm³/mol. The third-order valence-electron chi connectivity index (χ3n) is 5.83. The highest BCUT2D eigenvalue weighted by Gasteiger charge is 2.25. The Kier molecular flexibility index (Phi) is 9.21. The molecule has 0 unspecified atom stereocenters. The second-order valence-corrected chi connectivity index (χ2v) is 11.7. The standard InChI is InChI=1S/C25H24BrN9O4S2/c1-14-5-3-4-6-16(14)12-38-21-17(26)9-15(10-19(21)37-2)11-29-31-24(36)20-18(13-41-25-28-7-8-40-25)35(34-30-20)23-22(27)32-39-33-23/h3-6,9-11H,7-8,12-13H2,1-2H3,(H2,27,32)(H,31,36)/b29-11-. The van der Waals surface area contributed by atoms with E-state index in [1.807, 2.05) is 37.3 Å². The molecule has 16 heteroatoms. The van der Waals surface area contributed by atoms with E-state index in [-0.39, 0.29) is 17.3 Å². The molecule has 5 rings (SSSR count). The van der Waals surface area contributed by atoms with E-state index < -0.39 is 5.91 Å². The molecule has 0 bridgehead atoms. The van der Waals surface area contributed by atoms with Gasteiger partial charge in [0.1, 0.15) is 11.0 Å². The van der Waals surface area contributed by atoms with E-state index in [2.05, 4.69) is 52.1 Å². The number of methoxy groups -OCH3 is 1. The van der Waals surface area contributed by atoms with Crippen LogP contribution in [0.2, 0.25) is 0 Å². The summed E-state index contributed by atoms with van der Waals surface area (Å²) in [4.78, 5) is 17.5. The van der Waals surface area contributed by atoms with Crippen molar-refractivity contribution in [3.05, 3.63) is 68.9 Å². The number of anilines is 1. The summed E-state index contributed by atoms with van der Waals surface area (Å²) in [7, 11) is 1.56. The number of nitrogens with one attached hydrogen (secondary N) is 1. The molecule has 2 aromatic carbocycles. The zero-order chi connectivity index (χ0) is 28.8. The fraction of sp³-hybridized carbons (Fsp3) is 0.240. The fourth-order valence-electron chi connectivity index (χ4n) is 3.74. The molecule has 0 saturated carbocycles. The van der Waals surface area contributed by atoms with Crippen LogP contribution in [0, 0.1) is 6.92 Å². The molecule has 0 atom stereocenters. The van der Waals surface area contributed by atoms with Gasteiger partial charge in [0.15, 0.2) is 17.2 Å². The Bertz CT molecular complexity index is 1620. The molecular weight excluding hydrogens is 634 g/mol. The van der Waals surface area contributed by atoms with Gasteiger partial charge in [-0.25, -0.2) is 10.1 Å². The van der Waals surface area contributed by atoms with Crippen molar-refractivity contribution in [3.63, 3.8) is 0 Å². The highest BCUT2D eigenvalue weighted by Crippen LogP contribution is 2.37. The topological polar surface area (TPSA) is 168 Å². The lowest BCUT2D eigenvalue weighted by Gasteiger charge is -2.14. The number of nitrogens with zero attached hydrogens (tertiary/aromatic N) is 7. The molecule has 212 valence electrons. The van der Waals surface area contributed by atoms with E-state index >= 15 is 0 Å². The van der Waals surface area contributed by atoms with Crippen LogP contribution in [0.5, 0.6) is 11.5 Å². The maximum Gasteiger partial charge on any atom is 0.293 e. The number of aryl methyl sites for hydroxylation is 1. The first kappa shape index (κ1) is 28.6. The van der Waals surface area contributed by atoms with Crippen LogP contribution in [-0.4, -0.2) is 61.2 Å². The monoisotopic (exact) mass is 657 g/mol. The number of rotatable bonds is 10. The Balaban J connectivity index is 1.30. The Hall–Kier alpha value is -3.89. The van der Waals surface area contributed by atoms with Gasteiger partial charge in [0, 0.05) is 11.5 Å². The molecule has 3 N–H and O–H groups in total. The van der Waals surface area contributed by atoms with Gasteiger partial charge >= 0.3 is 0 Å². The zero-order valence-electron chi connectivity index (χ0n) is 21.9. The fourth-order valence-corrected chi connectivity index (χ4v) is 6.32. The minimum absolute atomic E-state index is 0.0181. The van der Waals surface area contributed by atoms with Gasteiger partial charge in [-0.3, -0.25) is 9.79 Å². The predicted octanol–water partition coefficient (Wildman–Crippen LogP) is 3.99. The number of hydrazone groups is 1. The average Bonchev–Trinajstić information content (AvgIpc) is 3.73. The van der Waals surface area contributed by atoms with E-state index in [9.17, 15) is 4.79 Å². The molecule has 4 aromatic rings. The second kappa shape index (κ2) is 13.2. The third kappa shape index (κ3) is 6.71. The number of nitrogens with two attached hydrogens (primary N) is 1. The SMILES string of the molecule is COc1cc(/C=N\NC(=O)c2nnn(-c3nonc3N)c2CSC2=NCCS2)cc(Br)c1OCc1ccccc1C. The highest BCUT2D eigenvalue weighted by atomic mass is 79.9. The summed E-state index contributed by atoms with van der Waals surface area (Å²) < 4.78 is 19.2. The van der Waals surface area contributed by atoms with Crippen LogP contribution in [0.4, 0.5) is 5.82 Å². The largest absolute Gasteiger partial charge is 0.493 e. The number of benzene rings is 2. The second-order valence-electron chi connectivity index (χ2n) is 8.50. The van der Waals surface area contributed by atoms with Crippen LogP contribution in [0.3, 0.4) is 0 Å². The lowest BCUT2D eigenvalue weighted by atomic mass is 10.1. The number of aromatic nitrogens is 5. The third-order valence-corrected chi connectivity index (χ3v) is 8.68. The first-order chi connectivity index (χ1) is 19.9. The molecule has 1 aliphatic rings. The van der Waals surface area contributed by atoms with Gasteiger partial charge in [-0.1, -0.05) is 53.0 Å². The Morgan fingerprint density at radius 3 is 2.93 bits per heavy atom. The van der Waals surface area contributed by atoms with E-state index in [1.54, 1.807) is 24.9 Å². The maximum absolute atomic E-state index is 13.1. The van der Waals surface area contributed by atoms with Gasteiger partial charge in [0.05, 0.1) is 30.0 Å².